The maximum atomic E-state index is 12.6. The average molecular weight is 387 g/mol. The lowest BCUT2D eigenvalue weighted by Gasteiger charge is -2.08. The molecule has 15 heavy (non-hydrogen) atoms. The predicted octanol–water partition coefficient (Wildman–Crippen LogP) is 3.58. The van der Waals surface area contributed by atoms with Crippen LogP contribution in [-0.4, -0.2) is 4.98 Å². The molecule has 1 aromatic rings. The third-order valence-corrected chi connectivity index (χ3v) is 3.57. The summed E-state index contributed by atoms with van der Waals surface area (Å²) in [5.41, 5.74) is 0.895. The van der Waals surface area contributed by atoms with Crippen LogP contribution in [0.1, 0.15) is 23.4 Å². The van der Waals surface area contributed by atoms with Crippen molar-refractivity contribution in [2.75, 3.05) is 0 Å². The van der Waals surface area contributed by atoms with Crippen molar-refractivity contribution in [2.45, 2.75) is 18.2 Å². The Morgan fingerprint density at radius 3 is 2.73 bits per heavy atom. The van der Waals surface area contributed by atoms with Crippen LogP contribution < -0.4 is 0 Å². The summed E-state index contributed by atoms with van der Waals surface area (Å²) in [5.74, 6) is 0. The second kappa shape index (κ2) is 5.70. The maximum absolute atomic E-state index is 12.6. The third kappa shape index (κ3) is 3.08. The van der Waals surface area contributed by atoms with Gasteiger partial charge in [-0.1, -0.05) is 15.9 Å². The van der Waals surface area contributed by atoms with E-state index in [-0.39, 0.29) is 12.1 Å². The van der Waals surface area contributed by atoms with Gasteiger partial charge in [0, 0.05) is 8.90 Å². The number of rotatable bonds is 3. The summed E-state index contributed by atoms with van der Waals surface area (Å²) in [6.45, 7) is 0. The SMILES string of the molecule is N#CCc1cc(CBr)c(I)c(C(F)F)n1. The summed E-state index contributed by atoms with van der Waals surface area (Å²) in [4.78, 5) is 3.77. The zero-order chi connectivity index (χ0) is 11.4. The Bertz CT molecular complexity index is 404. The van der Waals surface area contributed by atoms with Gasteiger partial charge in [-0.3, -0.25) is 0 Å². The zero-order valence-corrected chi connectivity index (χ0v) is 11.2. The smallest absolute Gasteiger partial charge is 0.250 e. The van der Waals surface area contributed by atoms with Crippen LogP contribution in [0.4, 0.5) is 8.78 Å². The van der Waals surface area contributed by atoms with Crippen LogP contribution in [0.15, 0.2) is 6.07 Å². The van der Waals surface area contributed by atoms with Crippen LogP contribution in [0.3, 0.4) is 0 Å². The molecule has 0 aliphatic rings. The van der Waals surface area contributed by atoms with Gasteiger partial charge in [0.15, 0.2) is 0 Å². The molecule has 2 nitrogen and oxygen atoms in total. The molecule has 1 aromatic heterocycles. The molecule has 0 N–H and O–H groups in total. The van der Waals surface area contributed by atoms with E-state index < -0.39 is 6.43 Å². The fraction of sp³-hybridized carbons (Fsp3) is 0.333. The van der Waals surface area contributed by atoms with E-state index in [1.165, 1.54) is 0 Å². The number of nitriles is 1. The van der Waals surface area contributed by atoms with Gasteiger partial charge in [0.1, 0.15) is 5.69 Å². The van der Waals surface area contributed by atoms with Gasteiger partial charge in [0.25, 0.3) is 6.43 Å². The molecule has 0 saturated heterocycles. The second-order valence-electron chi connectivity index (χ2n) is 2.74. The first-order valence-electron chi connectivity index (χ1n) is 3.99. The highest BCUT2D eigenvalue weighted by Gasteiger charge is 2.17. The summed E-state index contributed by atoms with van der Waals surface area (Å²) in [6.07, 6.45) is -2.55. The monoisotopic (exact) mass is 386 g/mol. The van der Waals surface area contributed by atoms with E-state index in [0.717, 1.165) is 5.56 Å². The van der Waals surface area contributed by atoms with Crippen molar-refractivity contribution >= 4 is 38.5 Å². The highest BCUT2D eigenvalue weighted by atomic mass is 127. The molecule has 1 rings (SSSR count). The summed E-state index contributed by atoms with van der Waals surface area (Å²) >= 11 is 5.06. The Hall–Kier alpha value is -0.290. The molecule has 0 bridgehead atoms. The minimum absolute atomic E-state index is 0.0522. The van der Waals surface area contributed by atoms with Gasteiger partial charge in [-0.15, -0.1) is 0 Å². The van der Waals surface area contributed by atoms with E-state index in [1.54, 1.807) is 6.07 Å². The molecule has 80 valence electrons. The highest BCUT2D eigenvalue weighted by Crippen LogP contribution is 2.27. The first-order valence-corrected chi connectivity index (χ1v) is 6.19. The highest BCUT2D eigenvalue weighted by molar-refractivity contribution is 14.1. The molecule has 1 heterocycles. The summed E-state index contributed by atoms with van der Waals surface area (Å²) < 4.78 is 25.7. The normalized spacial score (nSPS) is 10.4. The second-order valence-corrected chi connectivity index (χ2v) is 4.38. The lowest BCUT2D eigenvalue weighted by Crippen LogP contribution is -2.02. The first kappa shape index (κ1) is 12.8. The van der Waals surface area contributed by atoms with Gasteiger partial charge in [0.05, 0.1) is 18.2 Å². The van der Waals surface area contributed by atoms with Gasteiger partial charge < -0.3 is 0 Å². The standard InChI is InChI=1S/C9H6BrF2IN2/c10-4-5-3-6(1-2-14)15-8(7(5)13)9(11)12/h3,9H,1,4H2. The van der Waals surface area contributed by atoms with Crippen LogP contribution in [0.5, 0.6) is 0 Å². The fourth-order valence-corrected chi connectivity index (χ4v) is 2.75. The van der Waals surface area contributed by atoms with Gasteiger partial charge in [-0.25, -0.2) is 13.8 Å². The minimum Gasteiger partial charge on any atom is -0.250 e. The number of aromatic nitrogens is 1. The third-order valence-electron chi connectivity index (χ3n) is 1.72. The van der Waals surface area contributed by atoms with Crippen molar-refractivity contribution in [1.82, 2.24) is 4.98 Å². The van der Waals surface area contributed by atoms with Crippen molar-refractivity contribution in [1.29, 1.82) is 5.26 Å². The molecule has 0 saturated carbocycles. The van der Waals surface area contributed by atoms with Crippen molar-refractivity contribution < 1.29 is 8.78 Å². The van der Waals surface area contributed by atoms with Crippen LogP contribution in [0.25, 0.3) is 0 Å². The molecule has 0 aromatic carbocycles. The van der Waals surface area contributed by atoms with Crippen LogP contribution in [0, 0.1) is 14.9 Å². The van der Waals surface area contributed by atoms with Crippen LogP contribution >= 0.6 is 38.5 Å². The predicted molar refractivity (Wildman–Crippen MR) is 63.9 cm³/mol. The van der Waals surface area contributed by atoms with E-state index in [9.17, 15) is 8.78 Å². The topological polar surface area (TPSA) is 36.7 Å². The number of hydrogen-bond acceptors (Lipinski definition) is 2. The molecule has 0 atom stereocenters. The van der Waals surface area contributed by atoms with E-state index in [2.05, 4.69) is 20.9 Å². The number of hydrogen-bond donors (Lipinski definition) is 0. The van der Waals surface area contributed by atoms with Gasteiger partial charge in [0.2, 0.25) is 0 Å². The maximum Gasteiger partial charge on any atom is 0.281 e. The molecule has 0 aliphatic carbocycles. The number of alkyl halides is 3. The van der Waals surface area contributed by atoms with Crippen molar-refractivity contribution in [3.8, 4) is 6.07 Å². The molecule has 0 fully saturated rings. The molecule has 0 radical (unpaired) electrons. The number of pyridine rings is 1. The molecular weight excluding hydrogens is 381 g/mol. The first-order chi connectivity index (χ1) is 7.10. The van der Waals surface area contributed by atoms with Crippen molar-refractivity contribution in [3.05, 3.63) is 26.6 Å². The summed E-state index contributed by atoms with van der Waals surface area (Å²) in [7, 11) is 0. The van der Waals surface area contributed by atoms with Crippen LogP contribution in [0.2, 0.25) is 0 Å². The molecule has 0 spiro atoms. The van der Waals surface area contributed by atoms with Crippen molar-refractivity contribution in [3.63, 3.8) is 0 Å². The lowest BCUT2D eigenvalue weighted by atomic mass is 10.2. The Morgan fingerprint density at radius 1 is 1.60 bits per heavy atom. The Balaban J connectivity index is 3.26. The van der Waals surface area contributed by atoms with Gasteiger partial charge in [-0.05, 0) is 34.2 Å². The molecule has 0 unspecified atom stereocenters. The van der Waals surface area contributed by atoms with Gasteiger partial charge in [-0.2, -0.15) is 5.26 Å². The number of halogens is 4. The molecule has 0 amide bonds. The van der Waals surface area contributed by atoms with Gasteiger partial charge >= 0.3 is 0 Å². The summed E-state index contributed by atoms with van der Waals surface area (Å²) in [6, 6.07) is 3.57. The molecular formula is C9H6BrF2IN2. The Labute approximate surface area is 108 Å². The minimum atomic E-state index is -2.60. The fourth-order valence-electron chi connectivity index (χ4n) is 1.08. The Kier molecular flexibility index (Phi) is 4.86. The lowest BCUT2D eigenvalue weighted by molar-refractivity contribution is 0.144. The molecule has 0 aliphatic heterocycles. The zero-order valence-electron chi connectivity index (χ0n) is 7.48. The average Bonchev–Trinajstić information content (AvgIpc) is 2.20. The van der Waals surface area contributed by atoms with Crippen molar-refractivity contribution in [2.24, 2.45) is 0 Å². The van der Waals surface area contributed by atoms with Crippen LogP contribution in [-0.2, 0) is 11.8 Å². The molecule has 6 heteroatoms. The van der Waals surface area contributed by atoms with E-state index in [4.69, 9.17) is 5.26 Å². The number of nitrogens with zero attached hydrogens (tertiary/aromatic N) is 2. The largest absolute Gasteiger partial charge is 0.281 e. The quantitative estimate of drug-likeness (QED) is 0.588. The van der Waals surface area contributed by atoms with E-state index in [1.807, 2.05) is 28.7 Å². The van der Waals surface area contributed by atoms with E-state index >= 15 is 0 Å². The Morgan fingerprint density at radius 2 is 2.27 bits per heavy atom. The van der Waals surface area contributed by atoms with E-state index in [0.29, 0.717) is 14.6 Å². The summed E-state index contributed by atoms with van der Waals surface area (Å²) in [5, 5.41) is 8.97.